The number of alkyl halides is 3. The molecule has 1 atom stereocenters. The van der Waals surface area contributed by atoms with Crippen LogP contribution in [0.4, 0.5) is 24.7 Å². The van der Waals surface area contributed by atoms with E-state index in [1.54, 1.807) is 6.20 Å². The molecule has 1 aromatic carbocycles. The Morgan fingerprint density at radius 1 is 1.07 bits per heavy atom. The number of para-hydroxylation sites is 1. The molecule has 0 saturated carbocycles. The number of nitrogens with one attached hydrogen (secondary N) is 1. The molecule has 29 heavy (non-hydrogen) atoms. The number of nitrogens with zero attached hydrogens (tertiary/aromatic N) is 3. The van der Waals surface area contributed by atoms with Crippen molar-refractivity contribution in [2.75, 3.05) is 29.4 Å². The molecule has 1 N–H and O–H groups in total. The number of rotatable bonds is 5. The quantitative estimate of drug-likeness (QED) is 0.828. The minimum Gasteiger partial charge on any atom is -0.357 e. The highest BCUT2D eigenvalue weighted by atomic mass is 19.4. The van der Waals surface area contributed by atoms with Crippen LogP contribution in [0.15, 0.2) is 42.6 Å². The van der Waals surface area contributed by atoms with Gasteiger partial charge in [-0.05, 0) is 43.0 Å². The lowest BCUT2D eigenvalue weighted by atomic mass is 10.1. The average Bonchev–Trinajstić information content (AvgIpc) is 3.36. The van der Waals surface area contributed by atoms with Crippen LogP contribution in [0.1, 0.15) is 30.4 Å². The third-order valence-electron chi connectivity index (χ3n) is 5.50. The van der Waals surface area contributed by atoms with E-state index in [0.717, 1.165) is 30.5 Å². The summed E-state index contributed by atoms with van der Waals surface area (Å²) in [6, 6.07) is 8.66. The molecule has 2 fully saturated rings. The van der Waals surface area contributed by atoms with E-state index in [1.807, 2.05) is 12.1 Å². The zero-order valence-electron chi connectivity index (χ0n) is 16.0. The van der Waals surface area contributed by atoms with Crippen LogP contribution < -0.4 is 15.1 Å². The second-order valence-electron chi connectivity index (χ2n) is 7.45. The van der Waals surface area contributed by atoms with Gasteiger partial charge in [-0.15, -0.1) is 0 Å². The Kier molecular flexibility index (Phi) is 5.45. The summed E-state index contributed by atoms with van der Waals surface area (Å²) in [6.45, 7) is 2.75. The van der Waals surface area contributed by atoms with Crippen molar-refractivity contribution in [2.45, 2.75) is 38.0 Å². The van der Waals surface area contributed by atoms with E-state index in [1.165, 1.54) is 35.9 Å². The third kappa shape index (κ3) is 4.22. The van der Waals surface area contributed by atoms with E-state index in [9.17, 15) is 18.0 Å². The molecule has 1 unspecified atom stereocenters. The molecule has 2 aromatic rings. The fraction of sp³-hybridized carbons (Fsp3) is 0.429. The van der Waals surface area contributed by atoms with Gasteiger partial charge < -0.3 is 15.1 Å². The summed E-state index contributed by atoms with van der Waals surface area (Å²) in [5.74, 6) is 0.626. The van der Waals surface area contributed by atoms with Gasteiger partial charge in [-0.1, -0.05) is 18.2 Å². The summed E-state index contributed by atoms with van der Waals surface area (Å²) < 4.78 is 39.8. The van der Waals surface area contributed by atoms with Crippen molar-refractivity contribution >= 4 is 17.4 Å². The maximum absolute atomic E-state index is 13.3. The molecule has 4 rings (SSSR count). The van der Waals surface area contributed by atoms with Gasteiger partial charge in [0.15, 0.2) is 0 Å². The second kappa shape index (κ2) is 8.02. The van der Waals surface area contributed by atoms with Gasteiger partial charge in [0.2, 0.25) is 5.91 Å². The zero-order chi connectivity index (χ0) is 20.4. The molecular weight excluding hydrogens is 381 g/mol. The lowest BCUT2D eigenvalue weighted by Gasteiger charge is -2.21. The van der Waals surface area contributed by atoms with Gasteiger partial charge in [0.1, 0.15) is 5.82 Å². The number of pyridine rings is 1. The number of aromatic nitrogens is 1. The summed E-state index contributed by atoms with van der Waals surface area (Å²) in [6.07, 6.45) is 0.123. The lowest BCUT2D eigenvalue weighted by Crippen LogP contribution is -2.38. The van der Waals surface area contributed by atoms with Crippen LogP contribution in [0.3, 0.4) is 0 Å². The second-order valence-corrected chi connectivity index (χ2v) is 7.45. The largest absolute Gasteiger partial charge is 0.418 e. The Balaban J connectivity index is 1.39. The van der Waals surface area contributed by atoms with E-state index in [4.69, 9.17) is 0 Å². The van der Waals surface area contributed by atoms with E-state index in [0.29, 0.717) is 13.0 Å². The van der Waals surface area contributed by atoms with Crippen molar-refractivity contribution in [1.82, 2.24) is 10.3 Å². The van der Waals surface area contributed by atoms with Gasteiger partial charge in [-0.25, -0.2) is 4.98 Å². The van der Waals surface area contributed by atoms with Crippen LogP contribution in [-0.2, 0) is 17.5 Å². The van der Waals surface area contributed by atoms with Gasteiger partial charge >= 0.3 is 6.18 Å². The van der Waals surface area contributed by atoms with Crippen LogP contribution >= 0.6 is 0 Å². The minimum absolute atomic E-state index is 0.0778. The molecule has 1 amide bonds. The van der Waals surface area contributed by atoms with E-state index in [-0.39, 0.29) is 18.1 Å². The number of hydrogen-bond acceptors (Lipinski definition) is 4. The number of carbonyl (C=O) groups excluding carboxylic acids is 1. The predicted molar refractivity (Wildman–Crippen MR) is 105 cm³/mol. The van der Waals surface area contributed by atoms with Gasteiger partial charge in [-0.2, -0.15) is 13.2 Å². The Labute approximate surface area is 167 Å². The minimum atomic E-state index is -4.49. The first-order valence-corrected chi connectivity index (χ1v) is 9.84. The van der Waals surface area contributed by atoms with Gasteiger partial charge in [0.25, 0.3) is 0 Å². The maximum atomic E-state index is 13.3. The van der Waals surface area contributed by atoms with E-state index < -0.39 is 17.8 Å². The number of benzene rings is 1. The summed E-state index contributed by atoms with van der Waals surface area (Å²) in [5.41, 5.74) is 0.0801. The fourth-order valence-electron chi connectivity index (χ4n) is 3.95. The molecule has 2 aliphatic rings. The summed E-state index contributed by atoms with van der Waals surface area (Å²) in [4.78, 5) is 20.7. The first-order valence-electron chi connectivity index (χ1n) is 9.84. The molecule has 0 spiro atoms. The molecule has 0 aliphatic carbocycles. The van der Waals surface area contributed by atoms with E-state index in [2.05, 4.69) is 15.2 Å². The summed E-state index contributed by atoms with van der Waals surface area (Å²) in [5, 5.41) is 3.17. The van der Waals surface area contributed by atoms with Gasteiger partial charge in [-0.3, -0.25) is 4.79 Å². The first-order chi connectivity index (χ1) is 13.9. The molecule has 3 heterocycles. The molecule has 2 aliphatic heterocycles. The number of halogens is 3. The topological polar surface area (TPSA) is 48.5 Å². The van der Waals surface area contributed by atoms with Crippen LogP contribution in [-0.4, -0.2) is 36.6 Å². The highest BCUT2D eigenvalue weighted by molar-refractivity contribution is 6.00. The van der Waals surface area contributed by atoms with Crippen LogP contribution in [0, 0.1) is 0 Å². The van der Waals surface area contributed by atoms with Crippen molar-refractivity contribution in [3.05, 3.63) is 53.7 Å². The molecule has 0 bridgehead atoms. The Bertz CT molecular complexity index is 863. The Morgan fingerprint density at radius 3 is 2.52 bits per heavy atom. The Hall–Kier alpha value is -2.61. The van der Waals surface area contributed by atoms with Crippen molar-refractivity contribution < 1.29 is 18.0 Å². The number of carbonyl (C=O) groups is 1. The van der Waals surface area contributed by atoms with Crippen molar-refractivity contribution in [1.29, 1.82) is 0 Å². The molecule has 5 nitrogen and oxygen atoms in total. The molecule has 1 aromatic heterocycles. The number of hydrogen-bond donors (Lipinski definition) is 1. The SMILES string of the molecule is O=C1C(NCc2ccc(N3CCCC3)nc2)CCN1c1ccccc1C(F)(F)F. The lowest BCUT2D eigenvalue weighted by molar-refractivity contribution is -0.137. The normalized spacial score (nSPS) is 20.0. The molecule has 8 heteroatoms. The standard InChI is InChI=1S/C21H23F3N4O/c22-21(23,24)16-5-1-2-6-18(16)28-12-9-17(20(28)29)25-13-15-7-8-19(26-14-15)27-10-3-4-11-27/h1-2,5-8,14,17,25H,3-4,9-13H2. The summed E-state index contributed by atoms with van der Waals surface area (Å²) >= 11 is 0. The van der Waals surface area contributed by atoms with Crippen molar-refractivity contribution in [3.8, 4) is 0 Å². The first kappa shape index (κ1) is 19.7. The molecule has 2 saturated heterocycles. The average molecular weight is 404 g/mol. The number of anilines is 2. The van der Waals surface area contributed by atoms with Gasteiger partial charge in [0, 0.05) is 32.4 Å². The fourth-order valence-corrected chi connectivity index (χ4v) is 3.95. The molecule has 154 valence electrons. The molecule has 0 radical (unpaired) electrons. The Morgan fingerprint density at radius 2 is 1.83 bits per heavy atom. The highest BCUT2D eigenvalue weighted by Crippen LogP contribution is 2.37. The van der Waals surface area contributed by atoms with Crippen LogP contribution in [0.5, 0.6) is 0 Å². The third-order valence-corrected chi connectivity index (χ3v) is 5.50. The van der Waals surface area contributed by atoms with Crippen molar-refractivity contribution in [3.63, 3.8) is 0 Å². The monoisotopic (exact) mass is 404 g/mol. The van der Waals surface area contributed by atoms with E-state index >= 15 is 0 Å². The van der Waals surface area contributed by atoms with Crippen molar-refractivity contribution in [2.24, 2.45) is 0 Å². The summed E-state index contributed by atoms with van der Waals surface area (Å²) in [7, 11) is 0. The molecular formula is C21H23F3N4O. The smallest absolute Gasteiger partial charge is 0.357 e. The predicted octanol–water partition coefficient (Wildman–Crippen LogP) is 3.60. The number of amides is 1. The van der Waals surface area contributed by atoms with Crippen LogP contribution in [0.25, 0.3) is 0 Å². The van der Waals surface area contributed by atoms with Crippen LogP contribution in [0.2, 0.25) is 0 Å². The maximum Gasteiger partial charge on any atom is 0.418 e. The zero-order valence-corrected chi connectivity index (χ0v) is 16.0. The highest BCUT2D eigenvalue weighted by Gasteiger charge is 2.39. The van der Waals surface area contributed by atoms with Gasteiger partial charge in [0.05, 0.1) is 17.3 Å².